The highest BCUT2D eigenvalue weighted by Gasteiger charge is 2.25. The Morgan fingerprint density at radius 2 is 1.77 bits per heavy atom. The van der Waals surface area contributed by atoms with Crippen LogP contribution in [-0.2, 0) is 27.7 Å². The van der Waals surface area contributed by atoms with Crippen molar-refractivity contribution in [2.24, 2.45) is 0 Å². The van der Waals surface area contributed by atoms with Crippen LogP contribution < -0.4 is 19.1 Å². The van der Waals surface area contributed by atoms with Gasteiger partial charge >= 0.3 is 0 Å². The molecule has 0 bridgehead atoms. The van der Waals surface area contributed by atoms with Crippen LogP contribution in [0.1, 0.15) is 11.1 Å². The van der Waals surface area contributed by atoms with Gasteiger partial charge in [0.05, 0.1) is 26.2 Å². The lowest BCUT2D eigenvalue weighted by atomic mass is 10.0. The van der Waals surface area contributed by atoms with Crippen LogP contribution in [-0.4, -0.2) is 41.3 Å². The molecule has 0 heterocycles. The SMILES string of the molecule is COc1ccc(OC)c(N(CC(=O)Nc2ccc3c4c(cccc24)CC3)S(C)(=O)=O)c1. The Labute approximate surface area is 181 Å². The fraction of sp³-hybridized carbons (Fsp3) is 0.261. The number of sulfonamides is 1. The van der Waals surface area contributed by atoms with E-state index in [0.717, 1.165) is 28.8 Å². The minimum atomic E-state index is -3.77. The summed E-state index contributed by atoms with van der Waals surface area (Å²) < 4.78 is 36.6. The fourth-order valence-electron chi connectivity index (χ4n) is 4.05. The van der Waals surface area contributed by atoms with Crippen molar-refractivity contribution in [1.29, 1.82) is 0 Å². The second-order valence-electron chi connectivity index (χ2n) is 7.47. The lowest BCUT2D eigenvalue weighted by Gasteiger charge is -2.24. The molecule has 1 aliphatic carbocycles. The monoisotopic (exact) mass is 440 g/mol. The molecule has 0 fully saturated rings. The largest absolute Gasteiger partial charge is 0.497 e. The number of carbonyl (C=O) groups excluding carboxylic acids is 1. The van der Waals surface area contributed by atoms with Crippen molar-refractivity contribution < 1.29 is 22.7 Å². The Hall–Kier alpha value is -3.26. The normalized spacial score (nSPS) is 12.6. The number of methoxy groups -OCH3 is 2. The predicted molar refractivity (Wildman–Crippen MR) is 122 cm³/mol. The van der Waals surface area contributed by atoms with Gasteiger partial charge in [0.1, 0.15) is 18.0 Å². The summed E-state index contributed by atoms with van der Waals surface area (Å²) in [6.07, 6.45) is 3.03. The van der Waals surface area contributed by atoms with E-state index in [1.807, 2.05) is 24.3 Å². The van der Waals surface area contributed by atoms with Crippen LogP contribution in [0.15, 0.2) is 48.5 Å². The molecule has 3 aromatic carbocycles. The number of ether oxygens (including phenoxy) is 2. The van der Waals surface area contributed by atoms with E-state index >= 15 is 0 Å². The van der Waals surface area contributed by atoms with Gasteiger partial charge in [0.25, 0.3) is 0 Å². The number of carbonyl (C=O) groups is 1. The Kier molecular flexibility index (Phi) is 5.49. The van der Waals surface area contributed by atoms with Crippen LogP contribution >= 0.6 is 0 Å². The van der Waals surface area contributed by atoms with Gasteiger partial charge in [-0.1, -0.05) is 24.3 Å². The van der Waals surface area contributed by atoms with Crippen LogP contribution in [0.25, 0.3) is 10.8 Å². The maximum Gasteiger partial charge on any atom is 0.245 e. The van der Waals surface area contributed by atoms with Gasteiger partial charge in [-0.3, -0.25) is 9.10 Å². The average Bonchev–Trinajstić information content (AvgIpc) is 3.17. The van der Waals surface area contributed by atoms with E-state index in [1.165, 1.54) is 36.8 Å². The van der Waals surface area contributed by atoms with Crippen LogP contribution in [0.5, 0.6) is 11.5 Å². The highest BCUT2D eigenvalue weighted by molar-refractivity contribution is 7.92. The predicted octanol–water partition coefficient (Wildman–Crippen LogP) is 3.36. The molecule has 1 N–H and O–H groups in total. The molecule has 0 saturated heterocycles. The molecule has 1 aliphatic rings. The number of anilines is 2. The number of amides is 1. The van der Waals surface area contributed by atoms with Crippen LogP contribution in [0.2, 0.25) is 0 Å². The molecule has 0 atom stereocenters. The maximum atomic E-state index is 12.9. The summed E-state index contributed by atoms with van der Waals surface area (Å²) in [5.41, 5.74) is 3.43. The van der Waals surface area contributed by atoms with Crippen molar-refractivity contribution in [3.8, 4) is 11.5 Å². The molecule has 4 rings (SSSR count). The smallest absolute Gasteiger partial charge is 0.245 e. The van der Waals surface area contributed by atoms with E-state index in [9.17, 15) is 13.2 Å². The first kappa shape index (κ1) is 21.0. The van der Waals surface area contributed by atoms with E-state index in [-0.39, 0.29) is 5.69 Å². The topological polar surface area (TPSA) is 84.9 Å². The Morgan fingerprint density at radius 3 is 2.45 bits per heavy atom. The Bertz CT molecular complexity index is 1260. The summed E-state index contributed by atoms with van der Waals surface area (Å²) >= 11 is 0. The molecule has 8 heteroatoms. The average molecular weight is 441 g/mol. The van der Waals surface area contributed by atoms with Gasteiger partial charge in [0.15, 0.2) is 0 Å². The Balaban J connectivity index is 1.66. The molecular weight excluding hydrogens is 416 g/mol. The molecule has 162 valence electrons. The van der Waals surface area contributed by atoms with Gasteiger partial charge in [-0.05, 0) is 47.6 Å². The second kappa shape index (κ2) is 8.11. The van der Waals surface area contributed by atoms with Crippen LogP contribution in [0, 0.1) is 0 Å². The first-order valence-electron chi connectivity index (χ1n) is 9.85. The number of nitrogens with zero attached hydrogens (tertiary/aromatic N) is 1. The summed E-state index contributed by atoms with van der Waals surface area (Å²) in [5, 5.41) is 5.03. The number of hydrogen-bond donors (Lipinski definition) is 1. The van der Waals surface area contributed by atoms with E-state index in [2.05, 4.69) is 11.4 Å². The minimum absolute atomic E-state index is 0.236. The molecule has 0 aliphatic heterocycles. The number of nitrogens with one attached hydrogen (secondary N) is 1. The van der Waals surface area contributed by atoms with Gasteiger partial charge in [0.2, 0.25) is 15.9 Å². The molecule has 1 amide bonds. The summed E-state index contributed by atoms with van der Waals surface area (Å²) in [4.78, 5) is 12.9. The molecule has 0 radical (unpaired) electrons. The lowest BCUT2D eigenvalue weighted by Crippen LogP contribution is -2.37. The van der Waals surface area contributed by atoms with Crippen LogP contribution in [0.3, 0.4) is 0 Å². The van der Waals surface area contributed by atoms with Crippen molar-refractivity contribution in [2.75, 3.05) is 36.6 Å². The third-order valence-corrected chi connectivity index (χ3v) is 6.62. The first-order chi connectivity index (χ1) is 14.8. The zero-order chi connectivity index (χ0) is 22.2. The van der Waals surface area contributed by atoms with E-state index in [4.69, 9.17) is 9.47 Å². The molecule has 0 saturated carbocycles. The summed E-state index contributed by atoms with van der Waals surface area (Å²) in [6, 6.07) is 14.8. The third-order valence-electron chi connectivity index (χ3n) is 5.49. The highest BCUT2D eigenvalue weighted by Crippen LogP contribution is 2.36. The fourth-order valence-corrected chi connectivity index (χ4v) is 4.90. The van der Waals surface area contributed by atoms with Crippen molar-refractivity contribution in [3.63, 3.8) is 0 Å². The Morgan fingerprint density at radius 1 is 1.03 bits per heavy atom. The number of aryl methyl sites for hydroxylation is 2. The van der Waals surface area contributed by atoms with Crippen molar-refractivity contribution in [2.45, 2.75) is 12.8 Å². The number of benzene rings is 3. The van der Waals surface area contributed by atoms with Crippen molar-refractivity contribution in [3.05, 3.63) is 59.7 Å². The first-order valence-corrected chi connectivity index (χ1v) is 11.7. The molecule has 3 aromatic rings. The van der Waals surface area contributed by atoms with Gasteiger partial charge in [-0.2, -0.15) is 0 Å². The van der Waals surface area contributed by atoms with Crippen molar-refractivity contribution in [1.82, 2.24) is 0 Å². The molecule has 7 nitrogen and oxygen atoms in total. The van der Waals surface area contributed by atoms with Gasteiger partial charge in [0, 0.05) is 17.1 Å². The molecule has 0 aromatic heterocycles. The number of rotatable bonds is 7. The van der Waals surface area contributed by atoms with Crippen LogP contribution in [0.4, 0.5) is 11.4 Å². The standard InChI is InChI=1S/C23H24N2O5S/c1-29-17-10-12-21(30-2)20(13-17)25(31(3,27)28)14-22(26)24-19-11-9-16-8-7-15-5-4-6-18(19)23(15)16/h4-6,9-13H,7-8,14H2,1-3H3,(H,24,26). The minimum Gasteiger partial charge on any atom is -0.497 e. The zero-order valence-electron chi connectivity index (χ0n) is 17.6. The van der Waals surface area contributed by atoms with Gasteiger partial charge in [-0.15, -0.1) is 0 Å². The molecular formula is C23H24N2O5S. The third kappa shape index (κ3) is 4.03. The van der Waals surface area contributed by atoms with E-state index in [0.29, 0.717) is 17.2 Å². The zero-order valence-corrected chi connectivity index (χ0v) is 18.5. The van der Waals surface area contributed by atoms with E-state index < -0.39 is 22.5 Å². The molecule has 31 heavy (non-hydrogen) atoms. The lowest BCUT2D eigenvalue weighted by molar-refractivity contribution is -0.114. The van der Waals surface area contributed by atoms with Crippen molar-refractivity contribution >= 4 is 38.1 Å². The summed E-state index contributed by atoms with van der Waals surface area (Å²) in [5.74, 6) is 0.329. The second-order valence-corrected chi connectivity index (χ2v) is 9.37. The van der Waals surface area contributed by atoms with Gasteiger partial charge in [-0.25, -0.2) is 8.42 Å². The maximum absolute atomic E-state index is 12.9. The highest BCUT2D eigenvalue weighted by atomic mass is 32.2. The van der Waals surface area contributed by atoms with E-state index in [1.54, 1.807) is 12.1 Å². The quantitative estimate of drug-likeness (QED) is 0.609. The molecule has 0 unspecified atom stereocenters. The number of hydrogen-bond acceptors (Lipinski definition) is 5. The summed E-state index contributed by atoms with van der Waals surface area (Å²) in [6.45, 7) is -0.398. The summed E-state index contributed by atoms with van der Waals surface area (Å²) in [7, 11) is -0.844. The van der Waals surface area contributed by atoms with Gasteiger partial charge < -0.3 is 14.8 Å². The molecule has 0 spiro atoms.